The lowest BCUT2D eigenvalue weighted by Crippen LogP contribution is -2.42. The highest BCUT2D eigenvalue weighted by Gasteiger charge is 2.15. The Balaban J connectivity index is 2.41. The van der Waals surface area contributed by atoms with Gasteiger partial charge in [0.1, 0.15) is 0 Å². The lowest BCUT2D eigenvalue weighted by atomic mass is 10.1. The van der Waals surface area contributed by atoms with E-state index in [1.165, 1.54) is 5.56 Å². The Hall–Kier alpha value is -1.35. The van der Waals surface area contributed by atoms with E-state index in [0.29, 0.717) is 6.42 Å². The lowest BCUT2D eigenvalue weighted by molar-refractivity contribution is -0.131. The van der Waals surface area contributed by atoms with Gasteiger partial charge in [0.25, 0.3) is 0 Å². The molecule has 0 heterocycles. The number of carbonyl (C=O) groups is 1. The first kappa shape index (κ1) is 12.7. The van der Waals surface area contributed by atoms with Gasteiger partial charge in [0.15, 0.2) is 0 Å². The molecule has 0 aliphatic carbocycles. The van der Waals surface area contributed by atoms with Crippen LogP contribution in [0, 0.1) is 0 Å². The third-order valence-corrected chi connectivity index (χ3v) is 2.71. The molecule has 0 saturated carbocycles. The maximum Gasteiger partial charge on any atom is 0.239 e. The number of nitrogens with two attached hydrogens (primary N) is 1. The molecule has 3 heteroatoms. The number of nitrogens with zero attached hydrogens (tertiary/aromatic N) is 1. The van der Waals surface area contributed by atoms with Crippen molar-refractivity contribution in [2.45, 2.75) is 25.8 Å². The van der Waals surface area contributed by atoms with Crippen LogP contribution >= 0.6 is 0 Å². The molecule has 0 aliphatic heterocycles. The average molecular weight is 220 g/mol. The minimum Gasteiger partial charge on any atom is -0.344 e. The van der Waals surface area contributed by atoms with Gasteiger partial charge in [0, 0.05) is 13.6 Å². The molecule has 1 amide bonds. The highest BCUT2D eigenvalue weighted by atomic mass is 16.2. The Morgan fingerprint density at radius 3 is 2.56 bits per heavy atom. The fourth-order valence-electron chi connectivity index (χ4n) is 1.51. The third kappa shape index (κ3) is 3.66. The van der Waals surface area contributed by atoms with Crippen molar-refractivity contribution in [2.75, 3.05) is 13.6 Å². The van der Waals surface area contributed by atoms with Gasteiger partial charge in [-0.05, 0) is 18.4 Å². The van der Waals surface area contributed by atoms with Gasteiger partial charge in [-0.25, -0.2) is 0 Å². The largest absolute Gasteiger partial charge is 0.344 e. The van der Waals surface area contributed by atoms with E-state index < -0.39 is 0 Å². The molecular formula is C13H20N2O. The number of amides is 1. The molecule has 0 bridgehead atoms. The van der Waals surface area contributed by atoms with Crippen LogP contribution in [0.4, 0.5) is 0 Å². The van der Waals surface area contributed by atoms with Crippen LogP contribution in [0.2, 0.25) is 0 Å². The fraction of sp³-hybridized carbons (Fsp3) is 0.462. The molecule has 16 heavy (non-hydrogen) atoms. The summed E-state index contributed by atoms with van der Waals surface area (Å²) in [4.78, 5) is 13.4. The summed E-state index contributed by atoms with van der Waals surface area (Å²) >= 11 is 0. The normalized spacial score (nSPS) is 12.2. The quantitative estimate of drug-likeness (QED) is 0.816. The predicted molar refractivity (Wildman–Crippen MR) is 66.0 cm³/mol. The van der Waals surface area contributed by atoms with Gasteiger partial charge in [-0.2, -0.15) is 0 Å². The maximum absolute atomic E-state index is 11.7. The lowest BCUT2D eigenvalue weighted by Gasteiger charge is -2.20. The zero-order valence-electron chi connectivity index (χ0n) is 10.0. The van der Waals surface area contributed by atoms with Gasteiger partial charge in [-0.1, -0.05) is 37.3 Å². The Morgan fingerprint density at radius 2 is 2.00 bits per heavy atom. The average Bonchev–Trinajstić information content (AvgIpc) is 2.35. The van der Waals surface area contributed by atoms with E-state index >= 15 is 0 Å². The molecule has 1 atom stereocenters. The van der Waals surface area contributed by atoms with E-state index in [0.717, 1.165) is 13.0 Å². The monoisotopic (exact) mass is 220 g/mol. The Kier molecular flexibility index (Phi) is 4.99. The molecule has 1 aromatic rings. The van der Waals surface area contributed by atoms with E-state index in [2.05, 4.69) is 12.1 Å². The van der Waals surface area contributed by atoms with Gasteiger partial charge >= 0.3 is 0 Å². The van der Waals surface area contributed by atoms with E-state index in [9.17, 15) is 4.79 Å². The third-order valence-electron chi connectivity index (χ3n) is 2.71. The number of carbonyl (C=O) groups excluding carboxylic acids is 1. The van der Waals surface area contributed by atoms with E-state index in [4.69, 9.17) is 5.73 Å². The number of rotatable bonds is 5. The van der Waals surface area contributed by atoms with Crippen LogP contribution in [0.25, 0.3) is 0 Å². The molecule has 0 radical (unpaired) electrons. The summed E-state index contributed by atoms with van der Waals surface area (Å²) in [6.07, 6.45) is 1.56. The zero-order chi connectivity index (χ0) is 12.0. The number of benzene rings is 1. The van der Waals surface area contributed by atoms with Crippen molar-refractivity contribution in [3.05, 3.63) is 35.9 Å². The summed E-state index contributed by atoms with van der Waals surface area (Å²) in [5, 5.41) is 0. The molecular weight excluding hydrogens is 200 g/mol. The molecule has 0 spiro atoms. The SMILES string of the molecule is CCC(N)C(=O)N(C)CCc1ccccc1. The molecule has 3 nitrogen and oxygen atoms in total. The van der Waals surface area contributed by atoms with Gasteiger partial charge in [0.2, 0.25) is 5.91 Å². The molecule has 2 N–H and O–H groups in total. The summed E-state index contributed by atoms with van der Waals surface area (Å²) in [5.41, 5.74) is 6.94. The van der Waals surface area contributed by atoms with Crippen LogP contribution in [0.5, 0.6) is 0 Å². The van der Waals surface area contributed by atoms with Crippen molar-refractivity contribution in [3.63, 3.8) is 0 Å². The fourth-order valence-corrected chi connectivity index (χ4v) is 1.51. The predicted octanol–water partition coefficient (Wildman–Crippen LogP) is 1.42. The first-order valence-corrected chi connectivity index (χ1v) is 5.69. The highest BCUT2D eigenvalue weighted by Crippen LogP contribution is 2.02. The molecule has 1 aromatic carbocycles. The second-order valence-corrected chi connectivity index (χ2v) is 4.01. The molecule has 0 aliphatic rings. The zero-order valence-corrected chi connectivity index (χ0v) is 10.0. The topological polar surface area (TPSA) is 46.3 Å². The van der Waals surface area contributed by atoms with Crippen LogP contribution in [0.15, 0.2) is 30.3 Å². The molecule has 1 rings (SSSR count). The minimum atomic E-state index is -0.360. The number of hydrogen-bond acceptors (Lipinski definition) is 2. The summed E-state index contributed by atoms with van der Waals surface area (Å²) in [5.74, 6) is 0.0263. The Morgan fingerprint density at radius 1 is 1.38 bits per heavy atom. The summed E-state index contributed by atoms with van der Waals surface area (Å²) in [7, 11) is 1.81. The minimum absolute atomic E-state index is 0.0263. The van der Waals surface area contributed by atoms with Crippen molar-refractivity contribution in [1.29, 1.82) is 0 Å². The van der Waals surface area contributed by atoms with Crippen molar-refractivity contribution < 1.29 is 4.79 Å². The van der Waals surface area contributed by atoms with Crippen molar-refractivity contribution in [1.82, 2.24) is 4.90 Å². The van der Waals surface area contributed by atoms with Crippen LogP contribution in [0.3, 0.4) is 0 Å². The maximum atomic E-state index is 11.7. The van der Waals surface area contributed by atoms with Gasteiger partial charge in [0.05, 0.1) is 6.04 Å². The molecule has 88 valence electrons. The summed E-state index contributed by atoms with van der Waals surface area (Å²) < 4.78 is 0. The molecule has 0 saturated heterocycles. The molecule has 0 aromatic heterocycles. The second kappa shape index (κ2) is 6.28. The Labute approximate surface area is 97.2 Å². The van der Waals surface area contributed by atoms with Crippen LogP contribution in [-0.4, -0.2) is 30.4 Å². The van der Waals surface area contributed by atoms with E-state index in [-0.39, 0.29) is 11.9 Å². The highest BCUT2D eigenvalue weighted by molar-refractivity contribution is 5.81. The number of likely N-dealkylation sites (N-methyl/N-ethyl adjacent to an activating group) is 1. The van der Waals surface area contributed by atoms with Crippen LogP contribution < -0.4 is 5.73 Å². The van der Waals surface area contributed by atoms with Crippen molar-refractivity contribution in [2.24, 2.45) is 5.73 Å². The van der Waals surface area contributed by atoms with Crippen LogP contribution in [-0.2, 0) is 11.2 Å². The van der Waals surface area contributed by atoms with Crippen LogP contribution in [0.1, 0.15) is 18.9 Å². The smallest absolute Gasteiger partial charge is 0.239 e. The number of hydrogen-bond donors (Lipinski definition) is 1. The van der Waals surface area contributed by atoms with Gasteiger partial charge in [-0.15, -0.1) is 0 Å². The molecule has 0 fully saturated rings. The summed E-state index contributed by atoms with van der Waals surface area (Å²) in [6.45, 7) is 2.64. The van der Waals surface area contributed by atoms with Crippen molar-refractivity contribution in [3.8, 4) is 0 Å². The summed E-state index contributed by atoms with van der Waals surface area (Å²) in [6, 6.07) is 9.78. The van der Waals surface area contributed by atoms with E-state index in [1.54, 1.807) is 11.9 Å². The van der Waals surface area contributed by atoms with Crippen molar-refractivity contribution >= 4 is 5.91 Å². The Bertz CT molecular complexity index is 324. The van der Waals surface area contributed by atoms with Gasteiger partial charge < -0.3 is 10.6 Å². The molecule has 1 unspecified atom stereocenters. The second-order valence-electron chi connectivity index (χ2n) is 4.01. The van der Waals surface area contributed by atoms with Gasteiger partial charge in [-0.3, -0.25) is 4.79 Å². The first-order chi connectivity index (χ1) is 7.65. The first-order valence-electron chi connectivity index (χ1n) is 5.69. The van der Waals surface area contributed by atoms with E-state index in [1.807, 2.05) is 25.1 Å². The standard InChI is InChI=1S/C13H20N2O/c1-3-12(14)13(16)15(2)10-9-11-7-5-4-6-8-11/h4-8,12H,3,9-10,14H2,1-2H3.